The van der Waals surface area contributed by atoms with Gasteiger partial charge in [-0.25, -0.2) is 0 Å². The van der Waals surface area contributed by atoms with Crippen LogP contribution in [0, 0.1) is 11.3 Å². The summed E-state index contributed by atoms with van der Waals surface area (Å²) in [6, 6.07) is 27.1. The average Bonchev–Trinajstić information content (AvgIpc) is 3.64. The number of nitrogens with zero attached hydrogens (tertiary/aromatic N) is 2. The monoisotopic (exact) mass is 453 g/mol. The van der Waals surface area contributed by atoms with Gasteiger partial charge in [-0.05, 0) is 67.1 Å². The SMILES string of the molecule is CCCn1c(-c2cccc(NSC3CC3)c2)c(C#N)c2cc(OCc3ccccc3)ccc21. The fourth-order valence-corrected chi connectivity index (χ4v) is 4.90. The Morgan fingerprint density at radius 1 is 1.06 bits per heavy atom. The summed E-state index contributed by atoms with van der Waals surface area (Å²) in [5.41, 5.74) is 6.01. The lowest BCUT2D eigenvalue weighted by molar-refractivity contribution is 0.306. The highest BCUT2D eigenvalue weighted by atomic mass is 32.2. The van der Waals surface area contributed by atoms with Gasteiger partial charge in [0.1, 0.15) is 18.4 Å². The van der Waals surface area contributed by atoms with Crippen molar-refractivity contribution in [1.29, 1.82) is 5.26 Å². The van der Waals surface area contributed by atoms with Gasteiger partial charge in [0.15, 0.2) is 0 Å². The molecule has 0 spiro atoms. The Balaban J connectivity index is 1.52. The second-order valence-corrected chi connectivity index (χ2v) is 9.55. The van der Waals surface area contributed by atoms with E-state index in [1.54, 1.807) is 11.9 Å². The Bertz CT molecular complexity index is 1300. The minimum absolute atomic E-state index is 0.503. The van der Waals surface area contributed by atoms with E-state index < -0.39 is 0 Å². The Labute approximate surface area is 199 Å². The molecule has 5 rings (SSSR count). The van der Waals surface area contributed by atoms with Gasteiger partial charge < -0.3 is 14.0 Å². The topological polar surface area (TPSA) is 50.0 Å². The van der Waals surface area contributed by atoms with Crippen molar-refractivity contribution in [3.8, 4) is 23.1 Å². The normalized spacial score (nSPS) is 13.1. The van der Waals surface area contributed by atoms with E-state index in [1.165, 1.54) is 12.8 Å². The summed E-state index contributed by atoms with van der Waals surface area (Å²) < 4.78 is 11.8. The van der Waals surface area contributed by atoms with E-state index in [0.29, 0.717) is 12.2 Å². The van der Waals surface area contributed by atoms with Crippen molar-refractivity contribution in [2.24, 2.45) is 0 Å². The van der Waals surface area contributed by atoms with Gasteiger partial charge in [0.05, 0.1) is 16.8 Å². The minimum Gasteiger partial charge on any atom is -0.489 e. The standard InChI is InChI=1S/C28H27N3OS/c1-2-15-31-27-14-11-23(32-19-20-7-4-3-5-8-20)17-25(27)26(18-29)28(31)21-9-6-10-22(16-21)30-33-24-12-13-24/h3-11,14,16-17,24,30H,2,12-13,15,19H2,1H3. The molecule has 1 fully saturated rings. The molecule has 0 atom stereocenters. The van der Waals surface area contributed by atoms with E-state index in [0.717, 1.165) is 57.4 Å². The maximum Gasteiger partial charge on any atom is 0.120 e. The van der Waals surface area contributed by atoms with Crippen LogP contribution in [0.25, 0.3) is 22.2 Å². The molecule has 5 heteroatoms. The first-order chi connectivity index (χ1) is 16.3. The lowest BCUT2D eigenvalue weighted by Gasteiger charge is -2.12. The highest BCUT2D eigenvalue weighted by Crippen LogP contribution is 2.38. The van der Waals surface area contributed by atoms with Crippen molar-refractivity contribution in [3.63, 3.8) is 0 Å². The fourth-order valence-electron chi connectivity index (χ4n) is 4.10. The van der Waals surface area contributed by atoms with Crippen LogP contribution < -0.4 is 9.46 Å². The summed E-state index contributed by atoms with van der Waals surface area (Å²) in [7, 11) is 0. The van der Waals surface area contributed by atoms with Crippen LogP contribution in [0.3, 0.4) is 0 Å². The molecule has 3 aromatic carbocycles. The lowest BCUT2D eigenvalue weighted by atomic mass is 10.1. The molecule has 1 saturated carbocycles. The Morgan fingerprint density at radius 3 is 2.67 bits per heavy atom. The third-order valence-corrected chi connectivity index (χ3v) is 7.00. The van der Waals surface area contributed by atoms with Crippen molar-refractivity contribution in [3.05, 3.63) is 83.9 Å². The van der Waals surface area contributed by atoms with E-state index in [-0.39, 0.29) is 0 Å². The zero-order valence-electron chi connectivity index (χ0n) is 18.8. The van der Waals surface area contributed by atoms with Crippen LogP contribution in [-0.2, 0) is 13.2 Å². The van der Waals surface area contributed by atoms with Crippen LogP contribution >= 0.6 is 11.9 Å². The zero-order valence-corrected chi connectivity index (χ0v) is 19.6. The highest BCUT2D eigenvalue weighted by Gasteiger charge is 2.23. The number of anilines is 1. The number of hydrogen-bond donors (Lipinski definition) is 1. The second-order valence-electron chi connectivity index (χ2n) is 8.44. The van der Waals surface area contributed by atoms with Crippen molar-refractivity contribution in [1.82, 2.24) is 4.57 Å². The van der Waals surface area contributed by atoms with Gasteiger partial charge in [0, 0.05) is 28.4 Å². The van der Waals surface area contributed by atoms with E-state index in [2.05, 4.69) is 64.7 Å². The first-order valence-corrected chi connectivity index (χ1v) is 12.4. The van der Waals surface area contributed by atoms with Crippen LogP contribution in [0.1, 0.15) is 37.3 Å². The second kappa shape index (κ2) is 9.64. The molecule has 0 radical (unpaired) electrons. The number of aromatic nitrogens is 1. The fraction of sp³-hybridized carbons (Fsp3) is 0.250. The number of nitrogens with one attached hydrogen (secondary N) is 1. The van der Waals surface area contributed by atoms with E-state index >= 15 is 0 Å². The average molecular weight is 454 g/mol. The first-order valence-electron chi connectivity index (χ1n) is 11.5. The van der Waals surface area contributed by atoms with Crippen molar-refractivity contribution in [2.45, 2.75) is 44.6 Å². The van der Waals surface area contributed by atoms with Gasteiger partial charge in [0.25, 0.3) is 0 Å². The van der Waals surface area contributed by atoms with Gasteiger partial charge >= 0.3 is 0 Å². The summed E-state index contributed by atoms with van der Waals surface area (Å²) in [5.74, 6) is 0.777. The van der Waals surface area contributed by atoms with E-state index in [9.17, 15) is 5.26 Å². The smallest absolute Gasteiger partial charge is 0.120 e. The third-order valence-electron chi connectivity index (χ3n) is 5.85. The zero-order chi connectivity index (χ0) is 22.6. The molecule has 4 aromatic rings. The van der Waals surface area contributed by atoms with Crippen LogP contribution in [-0.4, -0.2) is 9.82 Å². The van der Waals surface area contributed by atoms with Crippen LogP contribution in [0.4, 0.5) is 5.69 Å². The Hall–Kier alpha value is -3.36. The van der Waals surface area contributed by atoms with Gasteiger partial charge in [-0.2, -0.15) is 5.26 Å². The number of rotatable bonds is 9. The first kappa shape index (κ1) is 21.5. The van der Waals surface area contributed by atoms with E-state index in [4.69, 9.17) is 4.74 Å². The molecule has 1 N–H and O–H groups in total. The largest absolute Gasteiger partial charge is 0.489 e. The van der Waals surface area contributed by atoms with Gasteiger partial charge in [0.2, 0.25) is 0 Å². The predicted molar refractivity (Wildman–Crippen MR) is 137 cm³/mol. The highest BCUT2D eigenvalue weighted by molar-refractivity contribution is 8.01. The molecule has 4 nitrogen and oxygen atoms in total. The number of nitriles is 1. The molecule has 1 heterocycles. The summed E-state index contributed by atoms with van der Waals surface area (Å²) in [6.45, 7) is 3.53. The van der Waals surface area contributed by atoms with Gasteiger partial charge in [-0.1, -0.05) is 49.4 Å². The van der Waals surface area contributed by atoms with Crippen molar-refractivity contribution in [2.75, 3.05) is 4.72 Å². The Morgan fingerprint density at radius 2 is 1.91 bits per heavy atom. The molecule has 0 unspecified atom stereocenters. The quantitative estimate of drug-likeness (QED) is 0.268. The molecule has 0 bridgehead atoms. The van der Waals surface area contributed by atoms with Crippen LogP contribution in [0.2, 0.25) is 0 Å². The van der Waals surface area contributed by atoms with Crippen molar-refractivity contribution < 1.29 is 4.74 Å². The third kappa shape index (κ3) is 4.72. The number of ether oxygens (including phenoxy) is 1. The summed E-state index contributed by atoms with van der Waals surface area (Å²) in [4.78, 5) is 0. The van der Waals surface area contributed by atoms with Gasteiger partial charge in [-0.3, -0.25) is 0 Å². The lowest BCUT2D eigenvalue weighted by Crippen LogP contribution is -2.00. The van der Waals surface area contributed by atoms with E-state index in [1.807, 2.05) is 30.3 Å². The molecule has 0 saturated heterocycles. The molecular formula is C28H27N3OS. The molecule has 0 aliphatic heterocycles. The summed E-state index contributed by atoms with van der Waals surface area (Å²) >= 11 is 1.80. The van der Waals surface area contributed by atoms with Crippen LogP contribution in [0.15, 0.2) is 72.8 Å². The molecule has 1 aliphatic carbocycles. The summed E-state index contributed by atoms with van der Waals surface area (Å²) in [6.07, 6.45) is 3.56. The van der Waals surface area contributed by atoms with Gasteiger partial charge in [-0.15, -0.1) is 0 Å². The minimum atomic E-state index is 0.503. The molecular weight excluding hydrogens is 426 g/mol. The molecule has 1 aliphatic rings. The number of benzene rings is 3. The molecule has 1 aromatic heterocycles. The van der Waals surface area contributed by atoms with Crippen molar-refractivity contribution >= 4 is 28.5 Å². The molecule has 0 amide bonds. The number of aryl methyl sites for hydroxylation is 1. The molecule has 33 heavy (non-hydrogen) atoms. The Kier molecular flexibility index (Phi) is 6.28. The summed E-state index contributed by atoms with van der Waals surface area (Å²) in [5, 5.41) is 11.9. The predicted octanol–water partition coefficient (Wildman–Crippen LogP) is 7.39. The van der Waals surface area contributed by atoms with Crippen LogP contribution in [0.5, 0.6) is 5.75 Å². The number of fused-ring (bicyclic) bond motifs is 1. The maximum absolute atomic E-state index is 10.2. The maximum atomic E-state index is 10.2. The number of hydrogen-bond acceptors (Lipinski definition) is 4. The molecule has 166 valence electrons.